The second kappa shape index (κ2) is 8.48. The van der Waals surface area contributed by atoms with Crippen LogP contribution in [0.4, 0.5) is 0 Å². The molecule has 30 heavy (non-hydrogen) atoms. The molecule has 0 aromatic carbocycles. The van der Waals surface area contributed by atoms with Crippen molar-refractivity contribution in [1.29, 1.82) is 0 Å². The third kappa shape index (κ3) is 3.32. The molecule has 7 aliphatic rings. The summed E-state index contributed by atoms with van der Waals surface area (Å²) >= 11 is 0. The first-order valence-corrected chi connectivity index (χ1v) is 13.8. The molecule has 3 fully saturated rings. The molecule has 0 unspecified atom stereocenters. The minimum Gasteiger partial charge on any atom is -0.0596 e. The van der Waals surface area contributed by atoms with Crippen LogP contribution in [0.5, 0.6) is 0 Å². The largest absolute Gasteiger partial charge is 0.0596 e. The number of hydrogen-bond donors (Lipinski definition) is 0. The molecular weight excluding hydrogens is 360 g/mol. The molecule has 0 N–H and O–H groups in total. The van der Waals surface area contributed by atoms with E-state index >= 15 is 0 Å². The molecule has 0 atom stereocenters. The van der Waals surface area contributed by atoms with E-state index in [9.17, 15) is 0 Å². The van der Waals surface area contributed by atoms with E-state index in [4.69, 9.17) is 0 Å². The van der Waals surface area contributed by atoms with Crippen molar-refractivity contribution in [3.63, 3.8) is 0 Å². The Morgan fingerprint density at radius 1 is 0.300 bits per heavy atom. The van der Waals surface area contributed by atoms with Crippen LogP contribution < -0.4 is 0 Å². The highest BCUT2D eigenvalue weighted by Crippen LogP contribution is 2.53. The number of rotatable bonds is 0. The van der Waals surface area contributed by atoms with Crippen molar-refractivity contribution in [1.82, 2.24) is 0 Å². The molecule has 7 rings (SSSR count). The van der Waals surface area contributed by atoms with Crippen LogP contribution in [-0.4, -0.2) is 0 Å². The summed E-state index contributed by atoms with van der Waals surface area (Å²) in [5, 5.41) is 0. The molecule has 0 spiro atoms. The minimum atomic E-state index is 0.861. The van der Waals surface area contributed by atoms with Crippen LogP contribution >= 0.6 is 0 Å². The Morgan fingerprint density at radius 2 is 0.567 bits per heavy atom. The highest BCUT2D eigenvalue weighted by atomic mass is 14.4. The van der Waals surface area contributed by atoms with Crippen LogP contribution in [0.3, 0.4) is 0 Å². The number of allylic oxidation sites excluding steroid dienone is 8. The monoisotopic (exact) mass is 402 g/mol. The molecule has 3 saturated carbocycles. The standard InChI is InChI=1S/C30H42/c1-2-12-22-25-15-5-3-13-23-21(11-1)24-14-4-6-16-26(22)30-20-10-8-18-28(24)27(23)17-7-9-19-29(25)30/h21-22H,1-20H2. The molecule has 0 heteroatoms. The van der Waals surface area contributed by atoms with Gasteiger partial charge < -0.3 is 0 Å². The fourth-order valence-corrected chi connectivity index (χ4v) is 8.45. The van der Waals surface area contributed by atoms with Gasteiger partial charge in [0.2, 0.25) is 0 Å². The third-order valence-electron chi connectivity index (χ3n) is 9.69. The molecule has 0 amide bonds. The zero-order valence-corrected chi connectivity index (χ0v) is 19.3. The van der Waals surface area contributed by atoms with Crippen molar-refractivity contribution >= 4 is 0 Å². The first-order chi connectivity index (χ1) is 14.9. The van der Waals surface area contributed by atoms with Crippen molar-refractivity contribution in [2.24, 2.45) is 11.8 Å². The Balaban J connectivity index is 1.56. The average molecular weight is 403 g/mol. The number of fused-ring (bicyclic) bond motifs is 15. The van der Waals surface area contributed by atoms with Gasteiger partial charge in [-0.15, -0.1) is 0 Å². The zero-order chi connectivity index (χ0) is 19.9. The SMILES string of the molecule is C1CCC2=C3CCCCC4=C(C1)C1=C5CCCCC(=C2CCCC1)C3CCCCC45. The highest BCUT2D eigenvalue weighted by molar-refractivity contribution is 5.52. The van der Waals surface area contributed by atoms with E-state index in [1.54, 1.807) is 0 Å². The van der Waals surface area contributed by atoms with Gasteiger partial charge in [-0.05, 0) is 138 Å². The first kappa shape index (κ1) is 19.6. The predicted molar refractivity (Wildman–Crippen MR) is 127 cm³/mol. The summed E-state index contributed by atoms with van der Waals surface area (Å²) in [6.45, 7) is 0. The molecule has 0 aromatic rings. The predicted octanol–water partition coefficient (Wildman–Crippen LogP) is 9.29. The van der Waals surface area contributed by atoms with E-state index in [0.29, 0.717) is 0 Å². The fraction of sp³-hybridized carbons (Fsp3) is 0.733. The first-order valence-electron chi connectivity index (χ1n) is 13.8. The Labute approximate surface area is 185 Å². The molecule has 0 nitrogen and oxygen atoms in total. The van der Waals surface area contributed by atoms with Crippen molar-refractivity contribution in [3.8, 4) is 0 Å². The van der Waals surface area contributed by atoms with Crippen LogP contribution in [0.15, 0.2) is 44.6 Å². The summed E-state index contributed by atoms with van der Waals surface area (Å²) in [7, 11) is 0. The molecule has 0 heterocycles. The Hall–Kier alpha value is -1.04. The topological polar surface area (TPSA) is 0 Å². The summed E-state index contributed by atoms with van der Waals surface area (Å²) in [5.41, 5.74) is 15.5. The van der Waals surface area contributed by atoms with Crippen molar-refractivity contribution in [2.75, 3.05) is 0 Å². The van der Waals surface area contributed by atoms with E-state index in [-0.39, 0.29) is 0 Å². The van der Waals surface area contributed by atoms with Gasteiger partial charge in [0.1, 0.15) is 0 Å². The molecule has 0 aromatic heterocycles. The lowest BCUT2D eigenvalue weighted by Gasteiger charge is -2.26. The lowest BCUT2D eigenvalue weighted by molar-refractivity contribution is 0.470. The minimum absolute atomic E-state index is 0.861. The normalized spacial score (nSPS) is 32.8. The summed E-state index contributed by atoms with van der Waals surface area (Å²) in [4.78, 5) is 0. The lowest BCUT2D eigenvalue weighted by Crippen LogP contribution is -2.11. The molecule has 0 saturated heterocycles. The van der Waals surface area contributed by atoms with Gasteiger partial charge in [-0.25, -0.2) is 0 Å². The summed E-state index contributed by atoms with van der Waals surface area (Å²) in [6.07, 6.45) is 28.8. The third-order valence-corrected chi connectivity index (χ3v) is 9.69. The van der Waals surface area contributed by atoms with E-state index < -0.39 is 0 Å². The second-order valence-electron chi connectivity index (χ2n) is 11.2. The summed E-state index contributed by atoms with van der Waals surface area (Å²) in [5.74, 6) is 1.72. The van der Waals surface area contributed by atoms with Crippen LogP contribution in [0.2, 0.25) is 0 Å². The van der Waals surface area contributed by atoms with E-state index in [1.807, 2.05) is 44.6 Å². The molecule has 0 aliphatic heterocycles. The maximum Gasteiger partial charge on any atom is 0.00188 e. The van der Waals surface area contributed by atoms with E-state index in [2.05, 4.69) is 0 Å². The van der Waals surface area contributed by atoms with Crippen LogP contribution in [0.25, 0.3) is 0 Å². The van der Waals surface area contributed by atoms with Gasteiger partial charge >= 0.3 is 0 Å². The highest BCUT2D eigenvalue weighted by Gasteiger charge is 2.36. The van der Waals surface area contributed by atoms with Gasteiger partial charge in [0.05, 0.1) is 0 Å². The van der Waals surface area contributed by atoms with Gasteiger partial charge in [0, 0.05) is 11.8 Å². The molecular formula is C30H42. The van der Waals surface area contributed by atoms with Gasteiger partial charge in [0.15, 0.2) is 0 Å². The van der Waals surface area contributed by atoms with E-state index in [0.717, 1.165) is 11.8 Å². The molecule has 7 aliphatic carbocycles. The second-order valence-corrected chi connectivity index (χ2v) is 11.2. The maximum atomic E-state index is 1.96. The smallest absolute Gasteiger partial charge is 0.00188 e. The van der Waals surface area contributed by atoms with Crippen molar-refractivity contribution in [3.05, 3.63) is 44.6 Å². The van der Waals surface area contributed by atoms with Gasteiger partial charge in [-0.3, -0.25) is 0 Å². The van der Waals surface area contributed by atoms with E-state index in [1.165, 1.54) is 128 Å². The van der Waals surface area contributed by atoms with Gasteiger partial charge in [-0.1, -0.05) is 35.1 Å². The lowest BCUT2D eigenvalue weighted by atomic mass is 9.79. The van der Waals surface area contributed by atoms with Crippen LogP contribution in [0.1, 0.15) is 128 Å². The van der Waals surface area contributed by atoms with Crippen LogP contribution in [0, 0.1) is 11.8 Å². The Morgan fingerprint density at radius 3 is 0.867 bits per heavy atom. The summed E-state index contributed by atoms with van der Waals surface area (Å²) < 4.78 is 0. The van der Waals surface area contributed by atoms with Crippen molar-refractivity contribution in [2.45, 2.75) is 128 Å². The van der Waals surface area contributed by atoms with Crippen molar-refractivity contribution < 1.29 is 0 Å². The number of hydrogen-bond acceptors (Lipinski definition) is 0. The molecule has 0 radical (unpaired) electrons. The average Bonchev–Trinajstić information content (AvgIpc) is 3.12. The maximum absolute atomic E-state index is 1.96. The quantitative estimate of drug-likeness (QED) is 0.378. The summed E-state index contributed by atoms with van der Waals surface area (Å²) in [6, 6.07) is 0. The van der Waals surface area contributed by atoms with Gasteiger partial charge in [0.25, 0.3) is 0 Å². The molecule has 162 valence electrons. The Bertz CT molecular complexity index is 692. The zero-order valence-electron chi connectivity index (χ0n) is 19.3. The fourth-order valence-electron chi connectivity index (χ4n) is 8.45. The Kier molecular flexibility index (Phi) is 5.55. The molecule has 10 bridgehead atoms. The van der Waals surface area contributed by atoms with Gasteiger partial charge in [-0.2, -0.15) is 0 Å². The van der Waals surface area contributed by atoms with Crippen LogP contribution in [-0.2, 0) is 0 Å².